The predicted molar refractivity (Wildman–Crippen MR) is 84.2 cm³/mol. The molecule has 2 heterocycles. The number of hydrogen-bond donors (Lipinski definition) is 0. The fraction of sp³-hybridized carbons (Fsp3) is 0.375. The summed E-state index contributed by atoms with van der Waals surface area (Å²) in [7, 11) is -3.79. The van der Waals surface area contributed by atoms with Crippen molar-refractivity contribution >= 4 is 10.0 Å². The van der Waals surface area contributed by atoms with Crippen LogP contribution in [-0.2, 0) is 22.7 Å². The summed E-state index contributed by atoms with van der Waals surface area (Å²) in [5, 5.41) is 0. The van der Waals surface area contributed by atoms with Crippen LogP contribution in [-0.4, -0.2) is 43.8 Å². The molecule has 25 heavy (non-hydrogen) atoms. The zero-order valence-corrected chi connectivity index (χ0v) is 14.1. The largest absolute Gasteiger partial charge is 0.468 e. The Balaban J connectivity index is 1.65. The molecule has 9 heteroatoms. The molecule has 1 aromatic carbocycles. The maximum Gasteiger partial charge on any atom is 0.416 e. The van der Waals surface area contributed by atoms with E-state index in [1.165, 1.54) is 4.31 Å². The number of rotatable bonds is 4. The third kappa shape index (κ3) is 4.05. The van der Waals surface area contributed by atoms with Crippen molar-refractivity contribution in [1.82, 2.24) is 9.21 Å². The Morgan fingerprint density at radius 2 is 1.64 bits per heavy atom. The molecule has 3 rings (SSSR count). The topological polar surface area (TPSA) is 53.8 Å². The van der Waals surface area contributed by atoms with Crippen molar-refractivity contribution in [3.8, 4) is 0 Å². The van der Waals surface area contributed by atoms with Crippen molar-refractivity contribution in [2.45, 2.75) is 17.6 Å². The summed E-state index contributed by atoms with van der Waals surface area (Å²) >= 11 is 0. The Kier molecular flexibility index (Phi) is 4.90. The van der Waals surface area contributed by atoms with Gasteiger partial charge in [0.1, 0.15) is 5.76 Å². The molecule has 1 fully saturated rings. The molecule has 2 aromatic rings. The van der Waals surface area contributed by atoms with E-state index in [-0.39, 0.29) is 18.0 Å². The molecule has 5 nitrogen and oxygen atoms in total. The van der Waals surface area contributed by atoms with Crippen LogP contribution in [0.2, 0.25) is 0 Å². The van der Waals surface area contributed by atoms with Crippen LogP contribution in [0.1, 0.15) is 11.3 Å². The Morgan fingerprint density at radius 1 is 1.00 bits per heavy atom. The van der Waals surface area contributed by atoms with Gasteiger partial charge in [-0.2, -0.15) is 17.5 Å². The number of benzene rings is 1. The Labute approximate surface area is 143 Å². The van der Waals surface area contributed by atoms with E-state index < -0.39 is 21.8 Å². The second kappa shape index (κ2) is 6.81. The minimum atomic E-state index is -4.49. The zero-order chi connectivity index (χ0) is 18.1. The van der Waals surface area contributed by atoms with E-state index in [1.807, 2.05) is 6.07 Å². The number of alkyl halides is 3. The lowest BCUT2D eigenvalue weighted by atomic mass is 10.2. The number of furan rings is 1. The van der Waals surface area contributed by atoms with Gasteiger partial charge < -0.3 is 4.42 Å². The predicted octanol–water partition coefficient (Wildman–Crippen LogP) is 2.80. The average molecular weight is 374 g/mol. The molecule has 0 spiro atoms. The van der Waals surface area contributed by atoms with Crippen molar-refractivity contribution < 1.29 is 26.0 Å². The smallest absolute Gasteiger partial charge is 0.416 e. The van der Waals surface area contributed by atoms with Crippen LogP contribution in [0.4, 0.5) is 13.2 Å². The van der Waals surface area contributed by atoms with E-state index in [4.69, 9.17) is 4.42 Å². The number of sulfonamides is 1. The van der Waals surface area contributed by atoms with Gasteiger partial charge in [0.2, 0.25) is 10.0 Å². The highest BCUT2D eigenvalue weighted by molar-refractivity contribution is 7.89. The van der Waals surface area contributed by atoms with Gasteiger partial charge in [-0.1, -0.05) is 0 Å². The molecule has 0 bridgehead atoms. The molecule has 1 aliphatic heterocycles. The first-order valence-electron chi connectivity index (χ1n) is 7.69. The minimum Gasteiger partial charge on any atom is -0.468 e. The van der Waals surface area contributed by atoms with E-state index in [0.29, 0.717) is 19.6 Å². The van der Waals surface area contributed by atoms with Gasteiger partial charge in [0, 0.05) is 26.2 Å². The first-order valence-corrected chi connectivity index (χ1v) is 9.13. The highest BCUT2D eigenvalue weighted by Gasteiger charge is 2.32. The second-order valence-corrected chi connectivity index (χ2v) is 7.72. The summed E-state index contributed by atoms with van der Waals surface area (Å²) in [6.07, 6.45) is -2.90. The summed E-state index contributed by atoms with van der Waals surface area (Å²) in [6, 6.07) is 7.24. The van der Waals surface area contributed by atoms with Crippen LogP contribution in [0.5, 0.6) is 0 Å². The summed E-state index contributed by atoms with van der Waals surface area (Å²) < 4.78 is 69.5. The Morgan fingerprint density at radius 3 is 2.16 bits per heavy atom. The molecule has 0 N–H and O–H groups in total. The summed E-state index contributed by atoms with van der Waals surface area (Å²) in [5.41, 5.74) is -0.866. The molecule has 1 aromatic heterocycles. The molecular formula is C16H17F3N2O3S. The molecule has 0 saturated carbocycles. The molecule has 136 valence electrons. The van der Waals surface area contributed by atoms with E-state index in [0.717, 1.165) is 30.0 Å². The van der Waals surface area contributed by atoms with Gasteiger partial charge in [-0.15, -0.1) is 0 Å². The third-order valence-corrected chi connectivity index (χ3v) is 6.02. The van der Waals surface area contributed by atoms with Crippen LogP contribution in [0.25, 0.3) is 0 Å². The number of halogens is 3. The summed E-state index contributed by atoms with van der Waals surface area (Å²) in [4.78, 5) is 1.94. The molecular weight excluding hydrogens is 357 g/mol. The highest BCUT2D eigenvalue weighted by atomic mass is 32.2. The van der Waals surface area contributed by atoms with Crippen LogP contribution < -0.4 is 0 Å². The minimum absolute atomic E-state index is 0.125. The number of hydrogen-bond acceptors (Lipinski definition) is 4. The lowest BCUT2D eigenvalue weighted by Gasteiger charge is -2.33. The van der Waals surface area contributed by atoms with Crippen molar-refractivity contribution in [3.05, 3.63) is 54.0 Å². The summed E-state index contributed by atoms with van der Waals surface area (Å²) in [5.74, 6) is 0.805. The van der Waals surface area contributed by atoms with Crippen molar-refractivity contribution in [2.75, 3.05) is 26.2 Å². The lowest BCUT2D eigenvalue weighted by Crippen LogP contribution is -2.48. The quantitative estimate of drug-likeness (QED) is 0.826. The van der Waals surface area contributed by atoms with E-state index in [9.17, 15) is 21.6 Å². The maximum absolute atomic E-state index is 12.6. The molecule has 0 atom stereocenters. The third-order valence-electron chi connectivity index (χ3n) is 4.11. The molecule has 0 aliphatic carbocycles. The van der Waals surface area contributed by atoms with Gasteiger partial charge in [0.25, 0.3) is 0 Å². The van der Waals surface area contributed by atoms with Crippen LogP contribution in [0.15, 0.2) is 52.0 Å². The monoisotopic (exact) mass is 374 g/mol. The average Bonchev–Trinajstić information content (AvgIpc) is 3.08. The van der Waals surface area contributed by atoms with Gasteiger partial charge in [-0.25, -0.2) is 8.42 Å². The van der Waals surface area contributed by atoms with Gasteiger partial charge >= 0.3 is 6.18 Å². The zero-order valence-electron chi connectivity index (χ0n) is 13.2. The van der Waals surface area contributed by atoms with Crippen molar-refractivity contribution in [2.24, 2.45) is 0 Å². The molecule has 1 aliphatic rings. The van der Waals surface area contributed by atoms with Crippen LogP contribution >= 0.6 is 0 Å². The van der Waals surface area contributed by atoms with E-state index >= 15 is 0 Å². The van der Waals surface area contributed by atoms with Crippen LogP contribution in [0.3, 0.4) is 0 Å². The van der Waals surface area contributed by atoms with Gasteiger partial charge in [-0.3, -0.25) is 4.90 Å². The number of nitrogens with zero attached hydrogens (tertiary/aromatic N) is 2. The summed E-state index contributed by atoms with van der Waals surface area (Å²) in [6.45, 7) is 2.22. The van der Waals surface area contributed by atoms with Gasteiger partial charge in [0.05, 0.1) is 23.3 Å². The van der Waals surface area contributed by atoms with Gasteiger partial charge in [-0.05, 0) is 36.4 Å². The first kappa shape index (κ1) is 18.0. The normalized spacial score (nSPS) is 17.7. The molecule has 0 unspecified atom stereocenters. The first-order chi connectivity index (χ1) is 11.8. The fourth-order valence-electron chi connectivity index (χ4n) is 2.72. The molecule has 1 saturated heterocycles. The lowest BCUT2D eigenvalue weighted by molar-refractivity contribution is -0.137. The van der Waals surface area contributed by atoms with Crippen molar-refractivity contribution in [1.29, 1.82) is 0 Å². The highest BCUT2D eigenvalue weighted by Crippen LogP contribution is 2.30. The second-order valence-electron chi connectivity index (χ2n) is 5.78. The van der Waals surface area contributed by atoms with Gasteiger partial charge in [0.15, 0.2) is 0 Å². The molecule has 0 amide bonds. The maximum atomic E-state index is 12.6. The Hall–Kier alpha value is -1.84. The SMILES string of the molecule is O=S(=O)(c1ccc(C(F)(F)F)cc1)N1CCN(Cc2ccco2)CC1. The van der Waals surface area contributed by atoms with E-state index in [2.05, 4.69) is 4.90 Å². The van der Waals surface area contributed by atoms with E-state index in [1.54, 1.807) is 12.3 Å². The Bertz CT molecular complexity index is 794. The number of piperazine rings is 1. The fourth-order valence-corrected chi connectivity index (χ4v) is 4.14. The molecule has 0 radical (unpaired) electrons. The van der Waals surface area contributed by atoms with Crippen molar-refractivity contribution in [3.63, 3.8) is 0 Å². The standard InChI is InChI=1S/C16H17F3N2O3S/c17-16(18,19)13-3-5-15(6-4-13)25(22,23)21-9-7-20(8-10-21)12-14-2-1-11-24-14/h1-6,11H,7-10,12H2. The van der Waals surface area contributed by atoms with Crippen LogP contribution in [0, 0.1) is 0 Å².